The number of aromatic nitrogens is 2. The number of anilines is 1. The van der Waals surface area contributed by atoms with E-state index in [9.17, 15) is 0 Å². The van der Waals surface area contributed by atoms with Gasteiger partial charge in [-0.05, 0) is 45.1 Å². The zero-order valence-corrected chi connectivity index (χ0v) is 12.0. The molecule has 0 N–H and O–H groups in total. The number of furan rings is 1. The molecule has 1 aliphatic rings. The van der Waals surface area contributed by atoms with Gasteiger partial charge in [0, 0.05) is 19.2 Å². The molecule has 0 atom stereocenters. The van der Waals surface area contributed by atoms with Gasteiger partial charge in [-0.3, -0.25) is 0 Å². The Morgan fingerprint density at radius 1 is 1.30 bits per heavy atom. The fraction of sp³-hybridized carbons (Fsp3) is 0.467. The van der Waals surface area contributed by atoms with Crippen molar-refractivity contribution in [2.45, 2.75) is 18.9 Å². The Hall–Kier alpha value is -1.88. The van der Waals surface area contributed by atoms with Gasteiger partial charge in [0.05, 0.1) is 6.26 Å². The van der Waals surface area contributed by atoms with Crippen LogP contribution in [-0.2, 0) is 0 Å². The minimum Gasteiger partial charge on any atom is -0.463 e. The topological polar surface area (TPSA) is 45.4 Å². The average molecular weight is 272 g/mol. The third-order valence-corrected chi connectivity index (χ3v) is 4.02. The molecule has 0 aromatic carbocycles. The fourth-order valence-electron chi connectivity index (χ4n) is 2.67. The molecule has 0 unspecified atom stereocenters. The van der Waals surface area contributed by atoms with Crippen LogP contribution in [0, 0.1) is 0 Å². The second kappa shape index (κ2) is 5.63. The highest BCUT2D eigenvalue weighted by molar-refractivity contribution is 5.57. The summed E-state index contributed by atoms with van der Waals surface area (Å²) in [6.45, 7) is 2.29. The molecule has 1 saturated heterocycles. The summed E-state index contributed by atoms with van der Waals surface area (Å²) in [6, 6.07) is 6.34. The van der Waals surface area contributed by atoms with Gasteiger partial charge < -0.3 is 14.2 Å². The molecule has 0 radical (unpaired) electrons. The maximum Gasteiger partial charge on any atom is 0.152 e. The van der Waals surface area contributed by atoms with E-state index in [4.69, 9.17) is 4.42 Å². The zero-order chi connectivity index (χ0) is 13.9. The Morgan fingerprint density at radius 3 is 2.80 bits per heavy atom. The molecular formula is C15H20N4O. The first kappa shape index (κ1) is 13.1. The summed E-state index contributed by atoms with van der Waals surface area (Å²) in [6.07, 6.45) is 5.62. The van der Waals surface area contributed by atoms with Gasteiger partial charge in [-0.1, -0.05) is 0 Å². The maximum atomic E-state index is 5.40. The summed E-state index contributed by atoms with van der Waals surface area (Å²) in [5, 5.41) is 0. The molecule has 106 valence electrons. The minimum absolute atomic E-state index is 0.547. The van der Waals surface area contributed by atoms with Crippen molar-refractivity contribution in [1.29, 1.82) is 0 Å². The molecule has 2 aromatic rings. The minimum atomic E-state index is 0.547. The average Bonchev–Trinajstić information content (AvgIpc) is 3.02. The molecule has 0 saturated carbocycles. The summed E-state index contributed by atoms with van der Waals surface area (Å²) >= 11 is 0. The molecule has 0 spiro atoms. The maximum absolute atomic E-state index is 5.40. The highest BCUT2D eigenvalue weighted by atomic mass is 16.3. The van der Waals surface area contributed by atoms with Crippen LogP contribution in [0.15, 0.2) is 35.2 Å². The van der Waals surface area contributed by atoms with Crippen molar-refractivity contribution >= 4 is 5.82 Å². The summed E-state index contributed by atoms with van der Waals surface area (Å²) in [5.41, 5.74) is 0.833. The first-order chi connectivity index (χ1) is 9.74. The molecule has 1 fully saturated rings. The first-order valence-corrected chi connectivity index (χ1v) is 7.01. The Bertz CT molecular complexity index is 547. The summed E-state index contributed by atoms with van der Waals surface area (Å²) in [7, 11) is 4.29. The van der Waals surface area contributed by atoms with Gasteiger partial charge in [0.15, 0.2) is 5.76 Å². The van der Waals surface area contributed by atoms with E-state index in [0.29, 0.717) is 6.04 Å². The lowest BCUT2D eigenvalue weighted by Gasteiger charge is -2.35. The van der Waals surface area contributed by atoms with E-state index < -0.39 is 0 Å². The lowest BCUT2D eigenvalue weighted by Crippen LogP contribution is -2.42. The molecular weight excluding hydrogens is 252 g/mol. The number of nitrogens with zero attached hydrogens (tertiary/aromatic N) is 4. The van der Waals surface area contributed by atoms with Gasteiger partial charge in [-0.15, -0.1) is 0 Å². The van der Waals surface area contributed by atoms with Crippen LogP contribution >= 0.6 is 0 Å². The standard InChI is InChI=1S/C15H20N4O/c1-18-7-5-12(6-8-18)19(2)15-10-13(16-11-17-15)14-4-3-9-20-14/h3-4,9-12H,5-8H2,1-2H3. The molecule has 0 amide bonds. The Morgan fingerprint density at radius 2 is 2.10 bits per heavy atom. The number of hydrogen-bond donors (Lipinski definition) is 0. The molecule has 1 aliphatic heterocycles. The normalized spacial score (nSPS) is 17.3. The van der Waals surface area contributed by atoms with E-state index in [1.54, 1.807) is 12.6 Å². The van der Waals surface area contributed by atoms with Crippen molar-refractivity contribution in [3.8, 4) is 11.5 Å². The number of piperidine rings is 1. The SMILES string of the molecule is CN1CCC(N(C)c2cc(-c3ccco3)ncn2)CC1. The second-order valence-electron chi connectivity index (χ2n) is 5.38. The van der Waals surface area contributed by atoms with Crippen LogP contribution < -0.4 is 4.90 Å². The zero-order valence-electron chi connectivity index (χ0n) is 12.0. The van der Waals surface area contributed by atoms with Gasteiger partial charge >= 0.3 is 0 Å². The lowest BCUT2D eigenvalue weighted by molar-refractivity contribution is 0.252. The summed E-state index contributed by atoms with van der Waals surface area (Å²) in [5.74, 6) is 1.74. The van der Waals surface area contributed by atoms with E-state index in [1.807, 2.05) is 18.2 Å². The van der Waals surface area contributed by atoms with Crippen LogP contribution in [0.5, 0.6) is 0 Å². The van der Waals surface area contributed by atoms with E-state index in [0.717, 1.165) is 30.4 Å². The van der Waals surface area contributed by atoms with Gasteiger partial charge in [0.1, 0.15) is 17.8 Å². The largest absolute Gasteiger partial charge is 0.463 e. The lowest BCUT2D eigenvalue weighted by atomic mass is 10.0. The summed E-state index contributed by atoms with van der Waals surface area (Å²) < 4.78 is 5.40. The predicted octanol–water partition coefficient (Wildman–Crippen LogP) is 2.27. The van der Waals surface area contributed by atoms with E-state index in [-0.39, 0.29) is 0 Å². The van der Waals surface area contributed by atoms with Crippen LogP contribution in [0.2, 0.25) is 0 Å². The second-order valence-corrected chi connectivity index (χ2v) is 5.38. The van der Waals surface area contributed by atoms with Gasteiger partial charge in [0.25, 0.3) is 0 Å². The highest BCUT2D eigenvalue weighted by Gasteiger charge is 2.21. The van der Waals surface area contributed by atoms with Crippen molar-refractivity contribution in [1.82, 2.24) is 14.9 Å². The van der Waals surface area contributed by atoms with Crippen molar-refractivity contribution in [2.75, 3.05) is 32.1 Å². The monoisotopic (exact) mass is 272 g/mol. The quantitative estimate of drug-likeness (QED) is 0.857. The van der Waals surface area contributed by atoms with Crippen LogP contribution in [-0.4, -0.2) is 48.1 Å². The molecule has 20 heavy (non-hydrogen) atoms. The third-order valence-electron chi connectivity index (χ3n) is 4.02. The molecule has 3 rings (SSSR count). The first-order valence-electron chi connectivity index (χ1n) is 7.01. The van der Waals surface area contributed by atoms with Crippen molar-refractivity contribution in [2.24, 2.45) is 0 Å². The van der Waals surface area contributed by atoms with Gasteiger partial charge in [-0.25, -0.2) is 9.97 Å². The van der Waals surface area contributed by atoms with Crippen LogP contribution in [0.3, 0.4) is 0 Å². The smallest absolute Gasteiger partial charge is 0.152 e. The number of likely N-dealkylation sites (tertiary alicyclic amines) is 1. The van der Waals surface area contributed by atoms with Crippen molar-refractivity contribution in [3.05, 3.63) is 30.8 Å². The third kappa shape index (κ3) is 2.67. The number of hydrogen-bond acceptors (Lipinski definition) is 5. The van der Waals surface area contributed by atoms with E-state index in [2.05, 4.69) is 33.9 Å². The molecule has 3 heterocycles. The molecule has 2 aromatic heterocycles. The van der Waals surface area contributed by atoms with Crippen LogP contribution in [0.1, 0.15) is 12.8 Å². The van der Waals surface area contributed by atoms with Crippen LogP contribution in [0.25, 0.3) is 11.5 Å². The number of rotatable bonds is 3. The van der Waals surface area contributed by atoms with Crippen LogP contribution in [0.4, 0.5) is 5.82 Å². The predicted molar refractivity (Wildman–Crippen MR) is 78.7 cm³/mol. The summed E-state index contributed by atoms with van der Waals surface area (Å²) in [4.78, 5) is 13.3. The van der Waals surface area contributed by atoms with E-state index >= 15 is 0 Å². The molecule has 5 nitrogen and oxygen atoms in total. The Balaban J connectivity index is 1.78. The van der Waals surface area contributed by atoms with Gasteiger partial charge in [0.2, 0.25) is 0 Å². The molecule has 5 heteroatoms. The van der Waals surface area contributed by atoms with Crippen molar-refractivity contribution < 1.29 is 4.42 Å². The van der Waals surface area contributed by atoms with E-state index in [1.165, 1.54) is 12.8 Å². The van der Waals surface area contributed by atoms with Gasteiger partial charge in [-0.2, -0.15) is 0 Å². The van der Waals surface area contributed by atoms with Crippen molar-refractivity contribution in [3.63, 3.8) is 0 Å². The Labute approximate surface area is 119 Å². The Kier molecular flexibility index (Phi) is 3.69. The molecule has 0 bridgehead atoms. The fourth-order valence-corrected chi connectivity index (χ4v) is 2.67. The highest BCUT2D eigenvalue weighted by Crippen LogP contribution is 2.24. The molecule has 0 aliphatic carbocycles.